The summed E-state index contributed by atoms with van der Waals surface area (Å²) in [5, 5.41) is 0. The first kappa shape index (κ1) is 25.2. The molecule has 8 heteroatoms. The number of para-hydroxylation sites is 1. The fraction of sp³-hybridized carbons (Fsp3) is 0.370. The zero-order valence-electron chi connectivity index (χ0n) is 21.0. The second kappa shape index (κ2) is 9.97. The van der Waals surface area contributed by atoms with Crippen molar-refractivity contribution in [1.82, 2.24) is 13.8 Å². The number of hydrogen-bond donors (Lipinski definition) is 0. The van der Waals surface area contributed by atoms with Gasteiger partial charge in [0.2, 0.25) is 10.0 Å². The molecule has 7 nitrogen and oxygen atoms in total. The second-order valence-electron chi connectivity index (χ2n) is 9.15. The van der Waals surface area contributed by atoms with E-state index in [9.17, 15) is 13.2 Å². The van der Waals surface area contributed by atoms with Gasteiger partial charge in [-0.3, -0.25) is 9.69 Å². The van der Waals surface area contributed by atoms with E-state index in [-0.39, 0.29) is 12.3 Å². The Labute approximate surface area is 208 Å². The zero-order valence-corrected chi connectivity index (χ0v) is 21.9. The maximum absolute atomic E-state index is 13.3. The first-order chi connectivity index (χ1) is 16.6. The van der Waals surface area contributed by atoms with Gasteiger partial charge in [-0.2, -0.15) is 4.31 Å². The molecule has 1 saturated heterocycles. The van der Waals surface area contributed by atoms with E-state index in [1.807, 2.05) is 62.1 Å². The van der Waals surface area contributed by atoms with E-state index >= 15 is 0 Å². The molecule has 0 atom stereocenters. The van der Waals surface area contributed by atoms with Crippen molar-refractivity contribution in [1.29, 1.82) is 0 Å². The summed E-state index contributed by atoms with van der Waals surface area (Å²) in [6.45, 7) is 9.60. The number of aromatic nitrogens is 1. The van der Waals surface area contributed by atoms with Gasteiger partial charge in [-0.15, -0.1) is 0 Å². The third-order valence-corrected chi connectivity index (χ3v) is 8.80. The van der Waals surface area contributed by atoms with Gasteiger partial charge in [0.1, 0.15) is 5.75 Å². The van der Waals surface area contributed by atoms with Crippen LogP contribution >= 0.6 is 0 Å². The molecule has 4 rings (SSSR count). The van der Waals surface area contributed by atoms with Crippen molar-refractivity contribution in [2.24, 2.45) is 0 Å². The number of carbonyl (C=O) groups is 1. The SMILES string of the molecule is COc1cc(C)c(S(=O)(=O)N2CCN(CC(=O)c3cc(C)n(-c4ccccc4)c3C)CC2)cc1C. The molecule has 0 amide bonds. The van der Waals surface area contributed by atoms with Gasteiger partial charge in [-0.1, -0.05) is 18.2 Å². The Morgan fingerprint density at radius 3 is 2.20 bits per heavy atom. The molecule has 186 valence electrons. The van der Waals surface area contributed by atoms with Crippen LogP contribution in [0.5, 0.6) is 5.75 Å². The first-order valence-corrected chi connectivity index (χ1v) is 13.2. The van der Waals surface area contributed by atoms with Crippen LogP contribution in [0.4, 0.5) is 0 Å². The minimum atomic E-state index is -3.62. The van der Waals surface area contributed by atoms with E-state index in [1.54, 1.807) is 26.2 Å². The minimum Gasteiger partial charge on any atom is -0.496 e. The number of rotatable bonds is 7. The smallest absolute Gasteiger partial charge is 0.243 e. The lowest BCUT2D eigenvalue weighted by Gasteiger charge is -2.34. The summed E-state index contributed by atoms with van der Waals surface area (Å²) in [5.74, 6) is 0.731. The molecule has 1 fully saturated rings. The van der Waals surface area contributed by atoms with Crippen LogP contribution in [0.2, 0.25) is 0 Å². The van der Waals surface area contributed by atoms with Gasteiger partial charge >= 0.3 is 0 Å². The Morgan fingerprint density at radius 1 is 0.914 bits per heavy atom. The van der Waals surface area contributed by atoms with Crippen molar-refractivity contribution in [3.63, 3.8) is 0 Å². The Kier molecular flexibility index (Phi) is 7.17. The van der Waals surface area contributed by atoms with Gasteiger partial charge in [0.15, 0.2) is 5.78 Å². The number of methoxy groups -OCH3 is 1. The third kappa shape index (κ3) is 4.91. The van der Waals surface area contributed by atoms with Crippen molar-refractivity contribution in [3.05, 3.63) is 76.6 Å². The number of sulfonamides is 1. The van der Waals surface area contributed by atoms with Crippen LogP contribution in [0.25, 0.3) is 5.69 Å². The van der Waals surface area contributed by atoms with Crippen molar-refractivity contribution in [2.75, 3.05) is 39.8 Å². The summed E-state index contributed by atoms with van der Waals surface area (Å²) < 4.78 is 35.6. The molecular formula is C27H33N3O4S. The van der Waals surface area contributed by atoms with Crippen LogP contribution in [0.1, 0.15) is 32.9 Å². The van der Waals surface area contributed by atoms with Gasteiger partial charge in [0.05, 0.1) is 18.6 Å². The molecule has 0 bridgehead atoms. The molecule has 0 unspecified atom stereocenters. The Bertz CT molecular complexity index is 1340. The van der Waals surface area contributed by atoms with Gasteiger partial charge < -0.3 is 9.30 Å². The standard InChI is InChI=1S/C27H33N3O4S/c1-19-16-27(20(2)15-26(19)34-5)35(32,33)29-13-11-28(12-14-29)18-25(31)24-17-21(3)30(22(24)4)23-9-7-6-8-10-23/h6-10,15-17H,11-14,18H2,1-5H3. The topological polar surface area (TPSA) is 71.9 Å². The third-order valence-electron chi connectivity index (χ3n) is 6.75. The molecule has 0 radical (unpaired) electrons. The van der Waals surface area contributed by atoms with Gasteiger partial charge in [-0.05, 0) is 69.2 Å². The molecule has 0 saturated carbocycles. The highest BCUT2D eigenvalue weighted by Gasteiger charge is 2.31. The number of nitrogens with zero attached hydrogens (tertiary/aromatic N) is 3. The van der Waals surface area contributed by atoms with E-state index in [0.717, 1.165) is 22.6 Å². The van der Waals surface area contributed by atoms with Crippen LogP contribution in [0, 0.1) is 27.7 Å². The molecular weight excluding hydrogens is 462 g/mol. The summed E-state index contributed by atoms with van der Waals surface area (Å²) in [6.07, 6.45) is 0. The molecule has 0 N–H and O–H groups in total. The fourth-order valence-electron chi connectivity index (χ4n) is 4.84. The summed E-state index contributed by atoms with van der Waals surface area (Å²) in [7, 11) is -2.04. The molecule has 1 aromatic heterocycles. The summed E-state index contributed by atoms with van der Waals surface area (Å²) in [5.41, 5.74) is 5.13. The normalized spacial score (nSPS) is 15.3. The van der Waals surface area contributed by atoms with Crippen LogP contribution in [-0.2, 0) is 10.0 Å². The minimum absolute atomic E-state index is 0.0539. The number of carbonyl (C=O) groups excluding carboxylic acids is 1. The molecule has 2 aromatic carbocycles. The van der Waals surface area contributed by atoms with Crippen LogP contribution < -0.4 is 4.74 Å². The number of ether oxygens (including phenoxy) is 1. The maximum atomic E-state index is 13.3. The predicted octanol–water partition coefficient (Wildman–Crippen LogP) is 3.91. The monoisotopic (exact) mass is 495 g/mol. The Balaban J connectivity index is 1.44. The van der Waals surface area contributed by atoms with E-state index in [4.69, 9.17) is 4.74 Å². The molecule has 3 aromatic rings. The number of piperazine rings is 1. The molecule has 2 heterocycles. The van der Waals surface area contributed by atoms with Gasteiger partial charge in [-0.25, -0.2) is 8.42 Å². The van der Waals surface area contributed by atoms with Crippen molar-refractivity contribution >= 4 is 15.8 Å². The van der Waals surface area contributed by atoms with Crippen molar-refractivity contribution in [2.45, 2.75) is 32.6 Å². The number of hydrogen-bond acceptors (Lipinski definition) is 5. The zero-order chi connectivity index (χ0) is 25.3. The van der Waals surface area contributed by atoms with Crippen molar-refractivity contribution in [3.8, 4) is 11.4 Å². The Hall–Kier alpha value is -2.94. The van der Waals surface area contributed by atoms with E-state index in [0.29, 0.717) is 48.0 Å². The first-order valence-electron chi connectivity index (χ1n) is 11.8. The molecule has 1 aliphatic rings. The fourth-order valence-corrected chi connectivity index (χ4v) is 6.55. The van der Waals surface area contributed by atoms with Crippen LogP contribution in [0.3, 0.4) is 0 Å². The molecule has 0 spiro atoms. The maximum Gasteiger partial charge on any atom is 0.243 e. The summed E-state index contributed by atoms with van der Waals surface area (Å²) in [6, 6.07) is 15.4. The van der Waals surface area contributed by atoms with E-state index < -0.39 is 10.0 Å². The summed E-state index contributed by atoms with van der Waals surface area (Å²) >= 11 is 0. The predicted molar refractivity (Wildman–Crippen MR) is 137 cm³/mol. The van der Waals surface area contributed by atoms with Crippen LogP contribution in [-0.4, -0.2) is 67.8 Å². The summed E-state index contributed by atoms with van der Waals surface area (Å²) in [4.78, 5) is 15.5. The lowest BCUT2D eigenvalue weighted by atomic mass is 10.1. The number of Topliss-reactive ketones (excluding diaryl/α,β-unsaturated/α-hetero) is 1. The Morgan fingerprint density at radius 2 is 1.57 bits per heavy atom. The number of ketones is 1. The highest BCUT2D eigenvalue weighted by Crippen LogP contribution is 2.28. The molecule has 1 aliphatic heterocycles. The quantitative estimate of drug-likeness (QED) is 0.465. The van der Waals surface area contributed by atoms with Crippen molar-refractivity contribution < 1.29 is 17.9 Å². The van der Waals surface area contributed by atoms with E-state index in [1.165, 1.54) is 4.31 Å². The highest BCUT2D eigenvalue weighted by atomic mass is 32.2. The lowest BCUT2D eigenvalue weighted by molar-refractivity contribution is 0.0901. The molecule has 35 heavy (non-hydrogen) atoms. The number of benzene rings is 2. The second-order valence-corrected chi connectivity index (χ2v) is 11.1. The largest absolute Gasteiger partial charge is 0.496 e. The lowest BCUT2D eigenvalue weighted by Crippen LogP contribution is -2.49. The molecule has 0 aliphatic carbocycles. The van der Waals surface area contributed by atoms with Crippen LogP contribution in [0.15, 0.2) is 53.4 Å². The number of aryl methyl sites for hydroxylation is 3. The highest BCUT2D eigenvalue weighted by molar-refractivity contribution is 7.89. The average molecular weight is 496 g/mol. The van der Waals surface area contributed by atoms with Gasteiger partial charge in [0.25, 0.3) is 0 Å². The van der Waals surface area contributed by atoms with Gasteiger partial charge in [0, 0.05) is 48.8 Å². The average Bonchev–Trinajstić information content (AvgIpc) is 3.14. The van der Waals surface area contributed by atoms with E-state index in [2.05, 4.69) is 4.57 Å².